The number of hydrogen-bond acceptors (Lipinski definition) is 6. The molecule has 33 heavy (non-hydrogen) atoms. The highest BCUT2D eigenvalue weighted by atomic mass is 32.2. The van der Waals surface area contributed by atoms with Crippen molar-refractivity contribution in [1.29, 1.82) is 5.41 Å². The zero-order valence-corrected chi connectivity index (χ0v) is 19.8. The lowest BCUT2D eigenvalue weighted by Gasteiger charge is -2.15. The minimum atomic E-state index is -0.164. The number of rotatable bonds is 7. The second kappa shape index (κ2) is 9.50. The summed E-state index contributed by atoms with van der Waals surface area (Å²) in [6.45, 7) is 8.47. The predicted octanol–water partition coefficient (Wildman–Crippen LogP) is 4.28. The highest BCUT2D eigenvalue weighted by molar-refractivity contribution is 7.99. The maximum absolute atomic E-state index is 12.6. The summed E-state index contributed by atoms with van der Waals surface area (Å²) in [7, 11) is 0. The average molecular weight is 463 g/mol. The Balaban J connectivity index is 1.62. The fraction of sp³-hybridized carbons (Fsp3) is 0.250. The van der Waals surface area contributed by atoms with Gasteiger partial charge in [-0.3, -0.25) is 19.9 Å². The number of carbonyl (C=O) groups excluding carboxylic acids is 1. The second-order valence-corrected chi connectivity index (χ2v) is 8.63. The third kappa shape index (κ3) is 4.78. The van der Waals surface area contributed by atoms with Gasteiger partial charge in [-0.25, -0.2) is 4.98 Å². The van der Waals surface area contributed by atoms with Crippen LogP contribution in [0.5, 0.6) is 5.75 Å². The van der Waals surface area contributed by atoms with Crippen molar-refractivity contribution in [1.82, 2.24) is 19.7 Å². The highest BCUT2D eigenvalue weighted by Crippen LogP contribution is 2.23. The van der Waals surface area contributed by atoms with Crippen molar-refractivity contribution in [3.05, 3.63) is 64.8 Å². The van der Waals surface area contributed by atoms with Crippen molar-refractivity contribution in [2.75, 3.05) is 17.7 Å². The van der Waals surface area contributed by atoms with Crippen molar-refractivity contribution in [3.63, 3.8) is 0 Å². The molecule has 0 saturated heterocycles. The normalized spacial score (nSPS) is 11.0. The second-order valence-electron chi connectivity index (χ2n) is 7.69. The molecule has 0 radical (unpaired) electrons. The minimum Gasteiger partial charge on any atom is -0.494 e. The number of amides is 1. The van der Waals surface area contributed by atoms with Gasteiger partial charge >= 0.3 is 0 Å². The molecule has 4 rings (SSSR count). The summed E-state index contributed by atoms with van der Waals surface area (Å²) in [6.07, 6.45) is 0. The van der Waals surface area contributed by atoms with E-state index in [0.717, 1.165) is 22.7 Å². The lowest BCUT2D eigenvalue weighted by molar-refractivity contribution is -0.113. The number of anilines is 1. The molecule has 0 aliphatic rings. The summed E-state index contributed by atoms with van der Waals surface area (Å²) < 4.78 is 7.21. The summed E-state index contributed by atoms with van der Waals surface area (Å²) in [4.78, 5) is 17.3. The first-order valence-corrected chi connectivity index (χ1v) is 11.6. The number of aromatic amines is 1. The van der Waals surface area contributed by atoms with Gasteiger partial charge in [0.2, 0.25) is 5.91 Å². The Hall–Kier alpha value is -3.59. The molecule has 0 spiro atoms. The van der Waals surface area contributed by atoms with Crippen molar-refractivity contribution >= 4 is 34.4 Å². The van der Waals surface area contributed by atoms with Crippen LogP contribution in [0.1, 0.15) is 23.7 Å². The van der Waals surface area contributed by atoms with Gasteiger partial charge in [-0.1, -0.05) is 17.8 Å². The van der Waals surface area contributed by atoms with Gasteiger partial charge in [0.05, 0.1) is 17.7 Å². The number of nitrogens with zero attached hydrogens (tertiary/aromatic N) is 3. The Morgan fingerprint density at radius 3 is 2.61 bits per heavy atom. The minimum absolute atomic E-state index is 0.138. The number of hydrogen-bond donors (Lipinski definition) is 3. The molecular formula is C24H26N6O2S. The van der Waals surface area contributed by atoms with E-state index in [-0.39, 0.29) is 17.1 Å². The van der Waals surface area contributed by atoms with E-state index in [2.05, 4.69) is 20.5 Å². The smallest absolute Gasteiger partial charge is 0.234 e. The molecule has 1 amide bonds. The molecule has 8 nitrogen and oxygen atoms in total. The average Bonchev–Trinajstić information content (AvgIpc) is 3.17. The molecule has 4 aromatic rings. The number of H-pyrrole nitrogens is 1. The first-order chi connectivity index (χ1) is 15.9. The van der Waals surface area contributed by atoms with Crippen LogP contribution >= 0.6 is 11.8 Å². The van der Waals surface area contributed by atoms with Crippen molar-refractivity contribution < 1.29 is 9.53 Å². The Morgan fingerprint density at radius 2 is 1.91 bits per heavy atom. The highest BCUT2D eigenvalue weighted by Gasteiger charge is 2.16. The third-order valence-corrected chi connectivity index (χ3v) is 6.25. The summed E-state index contributed by atoms with van der Waals surface area (Å²) >= 11 is 1.27. The van der Waals surface area contributed by atoms with Gasteiger partial charge in [-0.2, -0.15) is 5.10 Å². The molecule has 0 aliphatic carbocycles. The van der Waals surface area contributed by atoms with Crippen LogP contribution in [0.25, 0.3) is 16.7 Å². The van der Waals surface area contributed by atoms with Gasteiger partial charge in [0.25, 0.3) is 0 Å². The van der Waals surface area contributed by atoms with E-state index in [1.54, 1.807) is 4.57 Å². The van der Waals surface area contributed by atoms with Gasteiger partial charge in [-0.15, -0.1) is 0 Å². The number of aryl methyl sites for hydroxylation is 3. The van der Waals surface area contributed by atoms with Crippen LogP contribution in [0.15, 0.2) is 47.6 Å². The first kappa shape index (κ1) is 22.6. The molecule has 2 aromatic heterocycles. The largest absolute Gasteiger partial charge is 0.494 e. The summed E-state index contributed by atoms with van der Waals surface area (Å²) in [6, 6.07) is 13.3. The van der Waals surface area contributed by atoms with Gasteiger partial charge < -0.3 is 10.1 Å². The summed E-state index contributed by atoms with van der Waals surface area (Å²) in [5, 5.41) is 20.1. The molecule has 2 aromatic carbocycles. The van der Waals surface area contributed by atoms with Crippen LogP contribution in [0, 0.1) is 26.2 Å². The topological polar surface area (TPSA) is 109 Å². The maximum atomic E-state index is 12.6. The van der Waals surface area contributed by atoms with Crippen LogP contribution in [-0.4, -0.2) is 38.0 Å². The number of aromatic nitrogens is 4. The fourth-order valence-electron chi connectivity index (χ4n) is 3.46. The SMILES string of the molecule is CCOc1ccc(NC(=O)CSc2nc3n[nH]c(C)c3c(=N)n2-c2ccc(C)c(C)c2)cc1. The van der Waals surface area contributed by atoms with E-state index in [1.807, 2.05) is 70.2 Å². The molecule has 9 heteroatoms. The molecule has 2 heterocycles. The van der Waals surface area contributed by atoms with Gasteiger partial charge in [0, 0.05) is 17.1 Å². The maximum Gasteiger partial charge on any atom is 0.234 e. The Morgan fingerprint density at radius 1 is 1.15 bits per heavy atom. The van der Waals surface area contributed by atoms with E-state index in [0.29, 0.717) is 28.5 Å². The van der Waals surface area contributed by atoms with Crippen molar-refractivity contribution in [3.8, 4) is 11.4 Å². The van der Waals surface area contributed by atoms with E-state index in [1.165, 1.54) is 17.3 Å². The summed E-state index contributed by atoms with van der Waals surface area (Å²) in [5.41, 5.74) is 5.34. The number of ether oxygens (including phenoxy) is 1. The fourth-order valence-corrected chi connectivity index (χ4v) is 4.27. The van der Waals surface area contributed by atoms with E-state index >= 15 is 0 Å². The molecule has 0 fully saturated rings. The van der Waals surface area contributed by atoms with Crippen LogP contribution in [0.2, 0.25) is 0 Å². The molecule has 0 saturated carbocycles. The Bertz CT molecular complexity index is 1370. The number of fused-ring (bicyclic) bond motifs is 1. The molecule has 0 unspecified atom stereocenters. The molecule has 0 atom stereocenters. The quantitative estimate of drug-likeness (QED) is 0.281. The van der Waals surface area contributed by atoms with E-state index in [9.17, 15) is 4.79 Å². The molecule has 0 aliphatic heterocycles. The molecular weight excluding hydrogens is 436 g/mol. The third-order valence-electron chi connectivity index (χ3n) is 5.31. The van der Waals surface area contributed by atoms with E-state index < -0.39 is 0 Å². The van der Waals surface area contributed by atoms with Gasteiger partial charge in [0.15, 0.2) is 10.8 Å². The Kier molecular flexibility index (Phi) is 6.50. The van der Waals surface area contributed by atoms with Gasteiger partial charge in [-0.05, 0) is 75.2 Å². The monoisotopic (exact) mass is 462 g/mol. The van der Waals surface area contributed by atoms with Gasteiger partial charge in [0.1, 0.15) is 11.2 Å². The molecule has 170 valence electrons. The Labute approximate surface area is 195 Å². The van der Waals surface area contributed by atoms with Crippen LogP contribution in [0.4, 0.5) is 5.69 Å². The van der Waals surface area contributed by atoms with Crippen LogP contribution in [-0.2, 0) is 4.79 Å². The zero-order valence-electron chi connectivity index (χ0n) is 19.0. The lowest BCUT2D eigenvalue weighted by Crippen LogP contribution is -2.23. The standard InChI is InChI=1S/C24H26N6O2S/c1-5-32-19-10-7-17(8-11-19)26-20(31)13-33-24-27-23-21(16(4)28-29-23)22(25)30(24)18-9-6-14(2)15(3)12-18/h6-12,25H,5,13H2,1-4H3,(H,26,31)(H,28,29). The van der Waals surface area contributed by atoms with Crippen molar-refractivity contribution in [2.24, 2.45) is 0 Å². The van der Waals surface area contributed by atoms with Crippen molar-refractivity contribution in [2.45, 2.75) is 32.9 Å². The van der Waals surface area contributed by atoms with Crippen LogP contribution in [0.3, 0.4) is 0 Å². The number of thioether (sulfide) groups is 1. The molecule has 0 bridgehead atoms. The number of carbonyl (C=O) groups is 1. The predicted molar refractivity (Wildman–Crippen MR) is 130 cm³/mol. The van der Waals surface area contributed by atoms with Crippen LogP contribution < -0.4 is 15.5 Å². The van der Waals surface area contributed by atoms with E-state index in [4.69, 9.17) is 10.1 Å². The zero-order chi connectivity index (χ0) is 23.5. The summed E-state index contributed by atoms with van der Waals surface area (Å²) in [5.74, 6) is 0.732. The number of nitrogens with one attached hydrogen (secondary N) is 3. The number of benzene rings is 2. The first-order valence-electron chi connectivity index (χ1n) is 10.6. The lowest BCUT2D eigenvalue weighted by atomic mass is 10.1. The molecule has 3 N–H and O–H groups in total.